The van der Waals surface area contributed by atoms with Crippen LogP contribution in [-0.2, 0) is 25.2 Å². The maximum absolute atomic E-state index is 16.0. The van der Waals surface area contributed by atoms with Gasteiger partial charge in [0.05, 0.1) is 42.6 Å². The fourth-order valence-electron chi connectivity index (χ4n) is 8.66. The van der Waals surface area contributed by atoms with Crippen molar-refractivity contribution < 1.29 is 23.9 Å². The molecule has 6 nitrogen and oxygen atoms in total. The quantitative estimate of drug-likeness (QED) is 0.178. The lowest BCUT2D eigenvalue weighted by Crippen LogP contribution is -2.45. The van der Waals surface area contributed by atoms with E-state index in [0.29, 0.717) is 28.3 Å². The molecule has 48 heavy (non-hydrogen) atoms. The van der Waals surface area contributed by atoms with E-state index in [9.17, 15) is 0 Å². The second-order valence-corrected chi connectivity index (χ2v) is 12.7. The van der Waals surface area contributed by atoms with Crippen LogP contribution in [0.1, 0.15) is 27.8 Å². The Kier molecular flexibility index (Phi) is 6.74. The molecule has 4 atom stereocenters. The number of aryl methyl sites for hydroxylation is 1. The van der Waals surface area contributed by atoms with E-state index in [-0.39, 0.29) is 17.6 Å². The van der Waals surface area contributed by atoms with Crippen LogP contribution in [0.2, 0.25) is 0 Å². The first-order chi connectivity index (χ1) is 23.4. The molecule has 5 aromatic carbocycles. The number of allylic oxidation sites excluding steroid dienone is 2. The highest BCUT2D eigenvalue weighted by molar-refractivity contribution is 6.39. The van der Waals surface area contributed by atoms with E-state index in [2.05, 4.69) is 0 Å². The van der Waals surface area contributed by atoms with Crippen LogP contribution in [-0.4, -0.2) is 31.8 Å². The predicted octanol–water partition coefficient (Wildman–Crippen LogP) is 7.20. The van der Waals surface area contributed by atoms with E-state index in [1.54, 1.807) is 20.3 Å². The van der Waals surface area contributed by atoms with Gasteiger partial charge in [-0.2, -0.15) is 0 Å². The lowest BCUT2D eigenvalue weighted by Gasteiger charge is -2.39. The summed E-state index contributed by atoms with van der Waals surface area (Å²) in [5.41, 5.74) is 2.87. The number of benzene rings is 5. The maximum Gasteiger partial charge on any atom is 0.239 e. The highest BCUT2D eigenvalue weighted by atomic mass is 16.5. The molecule has 1 saturated carbocycles. The number of imide groups is 1. The fraction of sp³-hybridized carbons (Fsp3) is 0.167. The van der Waals surface area contributed by atoms with Gasteiger partial charge in [0.25, 0.3) is 0 Å². The van der Waals surface area contributed by atoms with Crippen LogP contribution in [0.25, 0.3) is 11.1 Å². The van der Waals surface area contributed by atoms with Crippen LogP contribution in [0, 0.1) is 18.8 Å². The molecule has 8 rings (SSSR count). The lowest BCUT2D eigenvalue weighted by molar-refractivity contribution is -0.130. The largest absolute Gasteiger partial charge is 0.497 e. The standard InChI is InChI=1S/C42H33NO5/c1-26-11-10-16-31(25-26)43-38(44)36-37(39(43)45)42(30-14-8-5-9-15-30)35(28-19-23-33(48-3)24-20-28)34(27-17-21-32(47-2)22-18-27)41(36,40(42)46)29-12-6-4-7-13-29/h4-25,36-37H,1-3H3/t36-,37-,41-,42-/m1/s1. The summed E-state index contributed by atoms with van der Waals surface area (Å²) < 4.78 is 11.0. The normalized spacial score (nSPS) is 24.3. The summed E-state index contributed by atoms with van der Waals surface area (Å²) >= 11 is 0. The third-order valence-corrected chi connectivity index (χ3v) is 10.5. The van der Waals surface area contributed by atoms with Gasteiger partial charge in [0.2, 0.25) is 11.8 Å². The minimum Gasteiger partial charge on any atom is -0.497 e. The first-order valence-corrected chi connectivity index (χ1v) is 16.0. The molecule has 236 valence electrons. The zero-order chi connectivity index (χ0) is 33.2. The maximum atomic E-state index is 16.0. The number of fused-ring (bicyclic) bond motifs is 5. The zero-order valence-electron chi connectivity index (χ0n) is 26.8. The number of nitrogens with zero attached hydrogens (tertiary/aromatic N) is 1. The smallest absolute Gasteiger partial charge is 0.239 e. The zero-order valence-corrected chi connectivity index (χ0v) is 26.8. The molecule has 3 aliphatic rings. The number of Topliss-reactive ketones (excluding diaryl/α,β-unsaturated/α-hetero) is 1. The van der Waals surface area contributed by atoms with E-state index in [4.69, 9.17) is 9.47 Å². The van der Waals surface area contributed by atoms with Crippen molar-refractivity contribution in [1.82, 2.24) is 0 Å². The summed E-state index contributed by atoms with van der Waals surface area (Å²) in [7, 11) is 3.22. The molecule has 0 radical (unpaired) electrons. The van der Waals surface area contributed by atoms with Crippen molar-refractivity contribution in [3.05, 3.63) is 161 Å². The Bertz CT molecular complexity index is 1990. The van der Waals surface area contributed by atoms with Crippen LogP contribution in [0.4, 0.5) is 5.69 Å². The molecule has 1 aliphatic heterocycles. The minimum atomic E-state index is -1.48. The SMILES string of the molecule is COc1ccc(C2=C(c3ccc(OC)cc3)[C@@]3(c4ccccc4)C(=O)[C@@]2(c2ccccc2)[C@H]2C(=O)N(c4cccc(C)c4)C(=O)[C@@H]23)cc1. The minimum absolute atomic E-state index is 0.162. The van der Waals surface area contributed by atoms with E-state index in [1.165, 1.54) is 4.90 Å². The van der Waals surface area contributed by atoms with Crippen LogP contribution < -0.4 is 14.4 Å². The number of carbonyl (C=O) groups is 3. The highest BCUT2D eigenvalue weighted by Gasteiger charge is 2.82. The second-order valence-electron chi connectivity index (χ2n) is 12.7. The van der Waals surface area contributed by atoms with Crippen LogP contribution in [0.15, 0.2) is 133 Å². The number of rotatable bonds is 7. The van der Waals surface area contributed by atoms with Gasteiger partial charge in [0, 0.05) is 0 Å². The van der Waals surface area contributed by atoms with Crippen LogP contribution in [0.3, 0.4) is 0 Å². The first kappa shape index (κ1) is 29.6. The van der Waals surface area contributed by atoms with E-state index in [0.717, 1.165) is 27.8 Å². The summed E-state index contributed by atoms with van der Waals surface area (Å²) in [6.07, 6.45) is 0. The van der Waals surface area contributed by atoms with Crippen molar-refractivity contribution in [3.63, 3.8) is 0 Å². The van der Waals surface area contributed by atoms with Gasteiger partial charge in [-0.3, -0.25) is 14.4 Å². The number of amides is 2. The Balaban J connectivity index is 1.55. The first-order valence-electron chi connectivity index (χ1n) is 16.0. The molecular formula is C42H33NO5. The summed E-state index contributed by atoms with van der Waals surface area (Å²) in [5.74, 6) is -1.54. The van der Waals surface area contributed by atoms with E-state index < -0.39 is 22.7 Å². The number of anilines is 1. The van der Waals surface area contributed by atoms with Gasteiger partial charge in [0.1, 0.15) is 11.5 Å². The van der Waals surface area contributed by atoms with Crippen molar-refractivity contribution in [1.29, 1.82) is 0 Å². The van der Waals surface area contributed by atoms with Gasteiger partial charge >= 0.3 is 0 Å². The number of hydrogen-bond acceptors (Lipinski definition) is 5. The Hall–Kier alpha value is -5.75. The predicted molar refractivity (Wildman–Crippen MR) is 185 cm³/mol. The molecule has 0 aromatic heterocycles. The van der Waals surface area contributed by atoms with E-state index >= 15 is 14.4 Å². The van der Waals surface area contributed by atoms with Crippen molar-refractivity contribution in [3.8, 4) is 11.5 Å². The van der Waals surface area contributed by atoms with Crippen LogP contribution >= 0.6 is 0 Å². The fourth-order valence-corrected chi connectivity index (χ4v) is 8.66. The second kappa shape index (κ2) is 10.9. The molecule has 2 fully saturated rings. The summed E-state index contributed by atoms with van der Waals surface area (Å²) in [5, 5.41) is 0. The third kappa shape index (κ3) is 3.77. The molecule has 2 amide bonds. The van der Waals surface area contributed by atoms with Gasteiger partial charge in [0.15, 0.2) is 5.78 Å². The van der Waals surface area contributed by atoms with Crippen molar-refractivity contribution in [2.75, 3.05) is 19.1 Å². The van der Waals surface area contributed by atoms with Crippen molar-refractivity contribution in [2.24, 2.45) is 11.8 Å². The summed E-state index contributed by atoms with van der Waals surface area (Å²) in [6, 6.07) is 41.8. The Morgan fingerprint density at radius 2 is 0.979 bits per heavy atom. The van der Waals surface area contributed by atoms with Crippen molar-refractivity contribution >= 4 is 34.4 Å². The summed E-state index contributed by atoms with van der Waals surface area (Å²) in [6.45, 7) is 1.94. The van der Waals surface area contributed by atoms with Gasteiger partial charge in [-0.1, -0.05) is 97.1 Å². The molecule has 2 aliphatic carbocycles. The van der Waals surface area contributed by atoms with Crippen LogP contribution in [0.5, 0.6) is 11.5 Å². The summed E-state index contributed by atoms with van der Waals surface area (Å²) in [4.78, 5) is 47.5. The molecule has 0 N–H and O–H groups in total. The monoisotopic (exact) mass is 631 g/mol. The Morgan fingerprint density at radius 1 is 0.542 bits per heavy atom. The molecule has 0 unspecified atom stereocenters. The molecule has 1 saturated heterocycles. The van der Waals surface area contributed by atoms with Gasteiger partial charge in [-0.25, -0.2) is 4.90 Å². The average Bonchev–Trinajstić information content (AvgIpc) is 3.64. The van der Waals surface area contributed by atoms with Gasteiger partial charge in [-0.15, -0.1) is 0 Å². The molecule has 2 bridgehead atoms. The molecule has 0 spiro atoms. The topological polar surface area (TPSA) is 72.9 Å². The van der Waals surface area contributed by atoms with Gasteiger partial charge in [-0.05, 0) is 82.3 Å². The van der Waals surface area contributed by atoms with Gasteiger partial charge < -0.3 is 9.47 Å². The third-order valence-electron chi connectivity index (χ3n) is 10.5. The molecule has 6 heteroatoms. The van der Waals surface area contributed by atoms with E-state index in [1.807, 2.05) is 134 Å². The average molecular weight is 632 g/mol. The molecule has 5 aromatic rings. The number of hydrogen-bond donors (Lipinski definition) is 0. The van der Waals surface area contributed by atoms with Crippen molar-refractivity contribution in [2.45, 2.75) is 17.8 Å². The molecule has 1 heterocycles. The number of methoxy groups -OCH3 is 2. The lowest BCUT2D eigenvalue weighted by atomic mass is 9.59. The Morgan fingerprint density at radius 3 is 1.38 bits per heavy atom. The highest BCUT2D eigenvalue weighted by Crippen LogP contribution is 2.74. The number of carbonyl (C=O) groups excluding carboxylic acids is 3. The number of ketones is 1. The molecular weight excluding hydrogens is 598 g/mol. The Labute approximate surface area is 279 Å². The number of ether oxygens (including phenoxy) is 2.